The molecule has 0 aliphatic heterocycles. The summed E-state index contributed by atoms with van der Waals surface area (Å²) in [6, 6.07) is 0.248. The van der Waals surface area contributed by atoms with E-state index in [1.54, 1.807) is 0 Å². The maximum atomic E-state index is 7.45. The normalized spacial score (nSPS) is 28.3. The lowest BCUT2D eigenvalue weighted by Gasteiger charge is -2.31. The molecule has 1 N–H and O–H groups in total. The van der Waals surface area contributed by atoms with Crippen molar-refractivity contribution in [3.8, 4) is 0 Å². The van der Waals surface area contributed by atoms with Gasteiger partial charge in [-0.2, -0.15) is 0 Å². The molecule has 1 radical (unpaired) electrons. The van der Waals surface area contributed by atoms with Gasteiger partial charge in [0.05, 0.1) is 0 Å². The second-order valence-electron chi connectivity index (χ2n) is 3.94. The van der Waals surface area contributed by atoms with Crippen molar-refractivity contribution in [2.75, 3.05) is 0 Å². The van der Waals surface area contributed by atoms with Crippen LogP contribution >= 0.6 is 0 Å². The molecule has 1 fully saturated rings. The molecule has 0 atom stereocenters. The van der Waals surface area contributed by atoms with Gasteiger partial charge in [-0.05, 0) is 31.1 Å². The Hall–Kier alpha value is -0.0400. The minimum absolute atomic E-state index is 0.248. The lowest BCUT2D eigenvalue weighted by Crippen LogP contribution is -2.24. The van der Waals surface area contributed by atoms with Crippen LogP contribution in [-0.2, 0) is 0 Å². The van der Waals surface area contributed by atoms with Crippen molar-refractivity contribution in [1.29, 1.82) is 0 Å². The molecule has 0 heterocycles. The summed E-state index contributed by atoms with van der Waals surface area (Å²) in [6.07, 6.45) is 4.74. The maximum absolute atomic E-state index is 7.45. The molecule has 0 amide bonds. The Kier molecular flexibility index (Phi) is 1.80. The molecule has 1 heteroatoms. The summed E-state index contributed by atoms with van der Waals surface area (Å²) in [4.78, 5) is 0. The average Bonchev–Trinajstić information content (AvgIpc) is 1.78. The molecule has 53 valence electrons. The van der Waals surface area contributed by atoms with Crippen molar-refractivity contribution in [2.45, 2.75) is 45.6 Å². The van der Waals surface area contributed by atoms with Gasteiger partial charge in [0, 0.05) is 6.04 Å². The zero-order valence-corrected chi connectivity index (χ0v) is 6.41. The third-order valence-electron chi connectivity index (χ3n) is 2.34. The van der Waals surface area contributed by atoms with Crippen molar-refractivity contribution < 1.29 is 0 Å². The van der Waals surface area contributed by atoms with Crippen LogP contribution in [-0.4, -0.2) is 6.04 Å². The maximum Gasteiger partial charge on any atom is 0.0213 e. The van der Waals surface area contributed by atoms with Gasteiger partial charge in [-0.1, -0.05) is 13.8 Å². The first-order valence-corrected chi connectivity index (χ1v) is 3.81. The molecule has 1 nitrogen and oxygen atoms in total. The van der Waals surface area contributed by atoms with Crippen molar-refractivity contribution in [2.24, 2.45) is 5.41 Å². The third kappa shape index (κ3) is 1.98. The van der Waals surface area contributed by atoms with Crippen molar-refractivity contribution in [3.05, 3.63) is 0 Å². The van der Waals surface area contributed by atoms with E-state index in [-0.39, 0.29) is 6.04 Å². The summed E-state index contributed by atoms with van der Waals surface area (Å²) in [5.74, 6) is 0. The highest BCUT2D eigenvalue weighted by molar-refractivity contribution is 4.79. The molecule has 0 aromatic carbocycles. The molecule has 0 saturated heterocycles. The van der Waals surface area contributed by atoms with E-state index in [2.05, 4.69) is 13.8 Å². The molecule has 1 rings (SSSR count). The van der Waals surface area contributed by atoms with Gasteiger partial charge in [-0.3, -0.25) is 5.73 Å². The van der Waals surface area contributed by atoms with Crippen LogP contribution in [0.1, 0.15) is 39.5 Å². The highest BCUT2D eigenvalue weighted by atomic mass is 14.6. The van der Waals surface area contributed by atoms with Crippen LogP contribution in [0.25, 0.3) is 0 Å². The predicted molar refractivity (Wildman–Crippen MR) is 39.1 cm³/mol. The lowest BCUT2D eigenvalue weighted by atomic mass is 9.76. The first-order valence-electron chi connectivity index (χ1n) is 3.81. The zero-order valence-electron chi connectivity index (χ0n) is 6.41. The molecule has 1 aliphatic rings. The van der Waals surface area contributed by atoms with Gasteiger partial charge in [-0.25, -0.2) is 0 Å². The fourth-order valence-corrected chi connectivity index (χ4v) is 1.40. The Balaban J connectivity index is 2.35. The number of hydrogen-bond donors (Lipinski definition) is 0. The SMILES string of the molecule is CC1(C)CCC([NH])CC1. The summed E-state index contributed by atoms with van der Waals surface area (Å²) < 4.78 is 0. The van der Waals surface area contributed by atoms with Crippen LogP contribution < -0.4 is 5.73 Å². The summed E-state index contributed by atoms with van der Waals surface area (Å²) in [7, 11) is 0. The molecule has 0 unspecified atom stereocenters. The minimum Gasteiger partial charge on any atom is -0.255 e. The molecule has 0 spiro atoms. The van der Waals surface area contributed by atoms with Crippen LogP contribution in [0, 0.1) is 5.41 Å². The Bertz CT molecular complexity index is 86.7. The minimum atomic E-state index is 0.248. The molecular formula is C8H16N. The highest BCUT2D eigenvalue weighted by Crippen LogP contribution is 2.34. The van der Waals surface area contributed by atoms with E-state index in [9.17, 15) is 0 Å². The Morgan fingerprint density at radius 2 is 1.67 bits per heavy atom. The number of nitrogens with one attached hydrogen (secondary N) is 1. The zero-order chi connectivity index (χ0) is 6.91. The second kappa shape index (κ2) is 2.30. The first-order chi connectivity index (χ1) is 4.10. The van der Waals surface area contributed by atoms with E-state index in [0.29, 0.717) is 5.41 Å². The van der Waals surface area contributed by atoms with Crippen LogP contribution in [0.3, 0.4) is 0 Å². The van der Waals surface area contributed by atoms with Gasteiger partial charge in [-0.15, -0.1) is 0 Å². The van der Waals surface area contributed by atoms with Gasteiger partial charge < -0.3 is 0 Å². The van der Waals surface area contributed by atoms with Crippen LogP contribution in [0.2, 0.25) is 0 Å². The van der Waals surface area contributed by atoms with Gasteiger partial charge in [0.15, 0.2) is 0 Å². The fraction of sp³-hybridized carbons (Fsp3) is 1.00. The first kappa shape index (κ1) is 7.07. The quantitative estimate of drug-likeness (QED) is 0.475. The Morgan fingerprint density at radius 1 is 1.22 bits per heavy atom. The second-order valence-corrected chi connectivity index (χ2v) is 3.94. The van der Waals surface area contributed by atoms with E-state index in [4.69, 9.17) is 5.73 Å². The van der Waals surface area contributed by atoms with Crippen LogP contribution in [0.4, 0.5) is 0 Å². The summed E-state index contributed by atoms with van der Waals surface area (Å²) >= 11 is 0. The van der Waals surface area contributed by atoms with E-state index >= 15 is 0 Å². The number of hydrogen-bond acceptors (Lipinski definition) is 0. The van der Waals surface area contributed by atoms with Crippen LogP contribution in [0.5, 0.6) is 0 Å². The van der Waals surface area contributed by atoms with E-state index in [0.717, 1.165) is 12.8 Å². The molecular weight excluding hydrogens is 110 g/mol. The topological polar surface area (TPSA) is 23.8 Å². The lowest BCUT2D eigenvalue weighted by molar-refractivity contribution is 0.222. The predicted octanol–water partition coefficient (Wildman–Crippen LogP) is 2.24. The van der Waals surface area contributed by atoms with Gasteiger partial charge in [0.25, 0.3) is 0 Å². The molecule has 1 saturated carbocycles. The van der Waals surface area contributed by atoms with E-state index < -0.39 is 0 Å². The summed E-state index contributed by atoms with van der Waals surface area (Å²) in [5.41, 5.74) is 7.99. The van der Waals surface area contributed by atoms with Crippen LogP contribution in [0.15, 0.2) is 0 Å². The largest absolute Gasteiger partial charge is 0.255 e. The molecule has 0 aromatic rings. The Morgan fingerprint density at radius 3 is 2.00 bits per heavy atom. The molecule has 0 aromatic heterocycles. The van der Waals surface area contributed by atoms with E-state index in [1.807, 2.05) is 0 Å². The molecule has 1 aliphatic carbocycles. The standard InChI is InChI=1S/C8H16N/c1-8(2)5-3-7(9)4-6-8/h7,9H,3-6H2,1-2H3. The van der Waals surface area contributed by atoms with E-state index in [1.165, 1.54) is 12.8 Å². The molecule has 0 bridgehead atoms. The third-order valence-corrected chi connectivity index (χ3v) is 2.34. The Labute approximate surface area is 57.6 Å². The smallest absolute Gasteiger partial charge is 0.0213 e. The average molecular weight is 126 g/mol. The highest BCUT2D eigenvalue weighted by Gasteiger charge is 2.24. The van der Waals surface area contributed by atoms with Crippen molar-refractivity contribution >= 4 is 0 Å². The summed E-state index contributed by atoms with van der Waals surface area (Å²) in [5, 5.41) is 0. The van der Waals surface area contributed by atoms with Crippen molar-refractivity contribution in [3.63, 3.8) is 0 Å². The summed E-state index contributed by atoms with van der Waals surface area (Å²) in [6.45, 7) is 4.61. The number of rotatable bonds is 0. The van der Waals surface area contributed by atoms with Gasteiger partial charge >= 0.3 is 0 Å². The molecule has 9 heavy (non-hydrogen) atoms. The monoisotopic (exact) mass is 126 g/mol. The fourth-order valence-electron chi connectivity index (χ4n) is 1.40. The van der Waals surface area contributed by atoms with Gasteiger partial charge in [0.1, 0.15) is 0 Å². The van der Waals surface area contributed by atoms with Gasteiger partial charge in [0.2, 0.25) is 0 Å². The van der Waals surface area contributed by atoms with Crippen molar-refractivity contribution in [1.82, 2.24) is 5.73 Å².